The standard InChI is InChI=1S/C11H10F3NO3/c1-6(9(15)16)18-10(17)7-2-4-8(5-3-7)11(12,13)14/h2-6H,1H3,(H2,15,16)/t6-/m1/s1. The Morgan fingerprint density at radius 3 is 2.11 bits per heavy atom. The number of hydrogen-bond donors (Lipinski definition) is 1. The zero-order chi connectivity index (χ0) is 13.9. The summed E-state index contributed by atoms with van der Waals surface area (Å²) < 4.78 is 41.4. The van der Waals surface area contributed by atoms with Gasteiger partial charge in [-0.1, -0.05) is 0 Å². The lowest BCUT2D eigenvalue weighted by Crippen LogP contribution is -2.30. The van der Waals surface area contributed by atoms with Crippen LogP contribution in [0.5, 0.6) is 0 Å². The van der Waals surface area contributed by atoms with Gasteiger partial charge in [0.1, 0.15) is 0 Å². The van der Waals surface area contributed by atoms with Gasteiger partial charge in [-0.15, -0.1) is 0 Å². The van der Waals surface area contributed by atoms with Gasteiger partial charge in [0.05, 0.1) is 11.1 Å². The summed E-state index contributed by atoms with van der Waals surface area (Å²) in [4.78, 5) is 22.1. The molecule has 0 bridgehead atoms. The first-order valence-corrected chi connectivity index (χ1v) is 4.89. The van der Waals surface area contributed by atoms with Crippen LogP contribution in [0.3, 0.4) is 0 Å². The molecule has 0 fully saturated rings. The van der Waals surface area contributed by atoms with Crippen LogP contribution in [0.2, 0.25) is 0 Å². The molecule has 0 saturated carbocycles. The normalized spacial score (nSPS) is 12.9. The number of esters is 1. The van der Waals surface area contributed by atoms with Crippen LogP contribution in [0.25, 0.3) is 0 Å². The molecule has 0 unspecified atom stereocenters. The van der Waals surface area contributed by atoms with Gasteiger partial charge in [0.2, 0.25) is 0 Å². The Balaban J connectivity index is 2.80. The number of hydrogen-bond acceptors (Lipinski definition) is 3. The molecule has 0 radical (unpaired) electrons. The maximum atomic E-state index is 12.3. The highest BCUT2D eigenvalue weighted by atomic mass is 19.4. The summed E-state index contributed by atoms with van der Waals surface area (Å²) in [5.74, 6) is -1.75. The first-order valence-electron chi connectivity index (χ1n) is 4.89. The van der Waals surface area contributed by atoms with Crippen LogP contribution in [-0.4, -0.2) is 18.0 Å². The van der Waals surface area contributed by atoms with Gasteiger partial charge >= 0.3 is 12.1 Å². The number of rotatable bonds is 3. The van der Waals surface area contributed by atoms with Crippen LogP contribution in [0.15, 0.2) is 24.3 Å². The first kappa shape index (κ1) is 14.0. The van der Waals surface area contributed by atoms with E-state index in [-0.39, 0.29) is 5.56 Å². The largest absolute Gasteiger partial charge is 0.449 e. The highest BCUT2D eigenvalue weighted by Crippen LogP contribution is 2.29. The number of primary amides is 1. The number of nitrogens with two attached hydrogens (primary N) is 1. The molecule has 1 amide bonds. The van der Waals surface area contributed by atoms with E-state index in [0.29, 0.717) is 0 Å². The number of amides is 1. The Bertz CT molecular complexity index is 454. The Morgan fingerprint density at radius 1 is 1.22 bits per heavy atom. The van der Waals surface area contributed by atoms with Crippen LogP contribution in [-0.2, 0) is 15.7 Å². The van der Waals surface area contributed by atoms with Gasteiger partial charge in [-0.25, -0.2) is 4.79 Å². The van der Waals surface area contributed by atoms with Gasteiger partial charge in [0.25, 0.3) is 5.91 Å². The fourth-order valence-electron chi connectivity index (χ4n) is 1.08. The van der Waals surface area contributed by atoms with Gasteiger partial charge in [-0.05, 0) is 31.2 Å². The zero-order valence-electron chi connectivity index (χ0n) is 9.32. The monoisotopic (exact) mass is 261 g/mol. The second-order valence-corrected chi connectivity index (χ2v) is 3.53. The van der Waals surface area contributed by atoms with Crippen LogP contribution in [0, 0.1) is 0 Å². The van der Waals surface area contributed by atoms with E-state index in [0.717, 1.165) is 24.3 Å². The minimum atomic E-state index is -4.47. The molecule has 0 aromatic heterocycles. The summed E-state index contributed by atoms with van der Waals surface area (Å²) in [6.45, 7) is 1.27. The summed E-state index contributed by atoms with van der Waals surface area (Å²) in [5.41, 5.74) is 3.92. The predicted molar refractivity (Wildman–Crippen MR) is 55.5 cm³/mol. The van der Waals surface area contributed by atoms with Crippen molar-refractivity contribution in [3.8, 4) is 0 Å². The van der Waals surface area contributed by atoms with Crippen LogP contribution in [0.4, 0.5) is 13.2 Å². The molecule has 1 rings (SSSR count). The van der Waals surface area contributed by atoms with Crippen molar-refractivity contribution in [1.82, 2.24) is 0 Å². The van der Waals surface area contributed by atoms with E-state index in [1.54, 1.807) is 0 Å². The van der Waals surface area contributed by atoms with E-state index in [4.69, 9.17) is 5.73 Å². The van der Waals surface area contributed by atoms with Crippen molar-refractivity contribution in [3.63, 3.8) is 0 Å². The molecule has 0 spiro atoms. The minimum absolute atomic E-state index is 0.0869. The molecule has 1 aromatic rings. The molecule has 0 aliphatic carbocycles. The number of alkyl halides is 3. The Kier molecular flexibility index (Phi) is 3.95. The van der Waals surface area contributed by atoms with Crippen molar-refractivity contribution in [2.45, 2.75) is 19.2 Å². The highest BCUT2D eigenvalue weighted by molar-refractivity contribution is 5.91. The fourth-order valence-corrected chi connectivity index (χ4v) is 1.08. The van der Waals surface area contributed by atoms with Gasteiger partial charge in [0.15, 0.2) is 6.10 Å². The first-order chi connectivity index (χ1) is 8.21. The Morgan fingerprint density at radius 2 is 1.72 bits per heavy atom. The molecule has 0 aliphatic heterocycles. The molecule has 4 nitrogen and oxygen atoms in total. The summed E-state index contributed by atoms with van der Waals surface area (Å²) >= 11 is 0. The third kappa shape index (κ3) is 3.47. The van der Waals surface area contributed by atoms with E-state index >= 15 is 0 Å². The molecule has 18 heavy (non-hydrogen) atoms. The van der Waals surface area contributed by atoms with Crippen molar-refractivity contribution in [2.24, 2.45) is 5.73 Å². The third-order valence-electron chi connectivity index (χ3n) is 2.13. The molecule has 98 valence electrons. The van der Waals surface area contributed by atoms with Crippen molar-refractivity contribution < 1.29 is 27.5 Å². The topological polar surface area (TPSA) is 69.4 Å². The van der Waals surface area contributed by atoms with Crippen LogP contribution in [0.1, 0.15) is 22.8 Å². The van der Waals surface area contributed by atoms with Gasteiger partial charge in [-0.2, -0.15) is 13.2 Å². The van der Waals surface area contributed by atoms with E-state index in [1.165, 1.54) is 6.92 Å². The maximum absolute atomic E-state index is 12.3. The number of carbonyl (C=O) groups excluding carboxylic acids is 2. The molecular weight excluding hydrogens is 251 g/mol. The van der Waals surface area contributed by atoms with Gasteiger partial charge in [0, 0.05) is 0 Å². The molecule has 2 N–H and O–H groups in total. The molecular formula is C11H10F3NO3. The number of ether oxygens (including phenoxy) is 1. The summed E-state index contributed by atoms with van der Waals surface area (Å²) in [6.07, 6.45) is -5.61. The molecule has 1 atom stereocenters. The molecule has 0 aliphatic rings. The van der Waals surface area contributed by atoms with Crippen LogP contribution >= 0.6 is 0 Å². The van der Waals surface area contributed by atoms with E-state index in [9.17, 15) is 22.8 Å². The van der Waals surface area contributed by atoms with Crippen molar-refractivity contribution in [1.29, 1.82) is 0 Å². The summed E-state index contributed by atoms with van der Waals surface area (Å²) in [5, 5.41) is 0. The fraction of sp³-hybridized carbons (Fsp3) is 0.273. The Labute approximate surface area is 101 Å². The summed E-state index contributed by atoms with van der Waals surface area (Å²) in [7, 11) is 0. The van der Waals surface area contributed by atoms with Gasteiger partial charge in [-0.3, -0.25) is 4.79 Å². The van der Waals surface area contributed by atoms with Crippen molar-refractivity contribution >= 4 is 11.9 Å². The summed E-state index contributed by atoms with van der Waals surface area (Å²) in [6, 6.07) is 3.45. The van der Waals surface area contributed by atoms with Crippen molar-refractivity contribution in [2.75, 3.05) is 0 Å². The number of benzene rings is 1. The lowest BCUT2D eigenvalue weighted by Gasteiger charge is -2.10. The number of halogens is 3. The number of carbonyl (C=O) groups is 2. The molecule has 0 saturated heterocycles. The second kappa shape index (κ2) is 5.07. The third-order valence-corrected chi connectivity index (χ3v) is 2.13. The highest BCUT2D eigenvalue weighted by Gasteiger charge is 2.30. The average molecular weight is 261 g/mol. The van der Waals surface area contributed by atoms with Crippen LogP contribution < -0.4 is 5.73 Å². The zero-order valence-corrected chi connectivity index (χ0v) is 9.32. The quantitative estimate of drug-likeness (QED) is 0.842. The van der Waals surface area contributed by atoms with E-state index < -0.39 is 29.7 Å². The van der Waals surface area contributed by atoms with E-state index in [1.807, 2.05) is 0 Å². The lowest BCUT2D eigenvalue weighted by molar-refractivity contribution is -0.137. The maximum Gasteiger partial charge on any atom is 0.416 e. The smallest absolute Gasteiger partial charge is 0.416 e. The Hall–Kier alpha value is -2.05. The minimum Gasteiger partial charge on any atom is -0.449 e. The lowest BCUT2D eigenvalue weighted by atomic mass is 10.1. The van der Waals surface area contributed by atoms with Crippen molar-refractivity contribution in [3.05, 3.63) is 35.4 Å². The predicted octanol–water partition coefficient (Wildman–Crippen LogP) is 1.74. The van der Waals surface area contributed by atoms with E-state index in [2.05, 4.69) is 4.74 Å². The SMILES string of the molecule is C[C@@H](OC(=O)c1ccc(C(F)(F)F)cc1)C(N)=O. The molecule has 1 aromatic carbocycles. The molecule has 7 heteroatoms. The van der Waals surface area contributed by atoms with Gasteiger partial charge < -0.3 is 10.5 Å². The second-order valence-electron chi connectivity index (χ2n) is 3.53. The average Bonchev–Trinajstić information content (AvgIpc) is 2.27. The molecule has 0 heterocycles.